The number of hydrogen-bond acceptors (Lipinski definition) is 8. The molecule has 1 aromatic carbocycles. The van der Waals surface area contributed by atoms with Gasteiger partial charge in [0.1, 0.15) is 11.4 Å². The fourth-order valence-electron chi connectivity index (χ4n) is 4.15. The molecular weight excluding hydrogens is 436 g/mol. The van der Waals surface area contributed by atoms with Gasteiger partial charge in [0.2, 0.25) is 5.95 Å². The van der Waals surface area contributed by atoms with Crippen molar-refractivity contribution in [2.24, 2.45) is 0 Å². The molecule has 0 atom stereocenters. The van der Waals surface area contributed by atoms with Crippen LogP contribution in [-0.2, 0) is 9.53 Å². The number of aliphatic hydroxyl groups is 1. The second-order valence-corrected chi connectivity index (χ2v) is 8.02. The fourth-order valence-corrected chi connectivity index (χ4v) is 4.15. The average molecular weight is 467 g/mol. The zero-order valence-corrected chi connectivity index (χ0v) is 19.4. The van der Waals surface area contributed by atoms with Gasteiger partial charge in [0, 0.05) is 56.4 Å². The summed E-state index contributed by atoms with van der Waals surface area (Å²) in [6.07, 6.45) is 3.35. The number of fused-ring (bicyclic) bond motifs is 1. The monoisotopic (exact) mass is 466 g/mol. The van der Waals surface area contributed by atoms with Crippen molar-refractivity contribution in [3.05, 3.63) is 42.2 Å². The molecule has 3 aromatic rings. The first-order valence-corrected chi connectivity index (χ1v) is 11.3. The van der Waals surface area contributed by atoms with Crippen molar-refractivity contribution in [1.29, 1.82) is 0 Å². The van der Waals surface area contributed by atoms with Gasteiger partial charge in [0.15, 0.2) is 0 Å². The number of anilines is 2. The van der Waals surface area contributed by atoms with E-state index in [1.54, 1.807) is 13.1 Å². The highest BCUT2D eigenvalue weighted by Gasteiger charge is 2.24. The van der Waals surface area contributed by atoms with Gasteiger partial charge >= 0.3 is 5.97 Å². The molecule has 1 saturated heterocycles. The van der Waals surface area contributed by atoms with E-state index in [1.165, 1.54) is 0 Å². The third kappa shape index (κ3) is 4.82. The van der Waals surface area contributed by atoms with E-state index in [4.69, 9.17) is 14.7 Å². The molecule has 34 heavy (non-hydrogen) atoms. The SMILES string of the molecule is CNc1c(C(=CCC(=O)O)N(C)CCO)nc(N2CCOCC2)nc1-c1cccc2[nH]ccc12. The molecule has 3 heterocycles. The Kier molecular flexibility index (Phi) is 7.29. The lowest BCUT2D eigenvalue weighted by Crippen LogP contribution is -2.37. The van der Waals surface area contributed by atoms with Crippen LogP contribution >= 0.6 is 0 Å². The predicted molar refractivity (Wildman–Crippen MR) is 132 cm³/mol. The highest BCUT2D eigenvalue weighted by molar-refractivity contribution is 5.99. The number of carboxylic acid groups (broad SMARTS) is 1. The van der Waals surface area contributed by atoms with Gasteiger partial charge in [-0.1, -0.05) is 12.1 Å². The van der Waals surface area contributed by atoms with Crippen LogP contribution in [0.1, 0.15) is 12.1 Å². The van der Waals surface area contributed by atoms with E-state index in [-0.39, 0.29) is 13.0 Å². The van der Waals surface area contributed by atoms with Crippen molar-refractivity contribution in [2.75, 3.05) is 63.8 Å². The van der Waals surface area contributed by atoms with Crippen LogP contribution in [0, 0.1) is 0 Å². The predicted octanol–water partition coefficient (Wildman–Crippen LogP) is 2.24. The number of likely N-dealkylation sites (N-methyl/N-ethyl adjacent to an activating group) is 1. The summed E-state index contributed by atoms with van der Waals surface area (Å²) in [5.74, 6) is -0.390. The Balaban J connectivity index is 1.97. The molecule has 0 amide bonds. The summed E-state index contributed by atoms with van der Waals surface area (Å²) in [4.78, 5) is 28.4. The molecule has 4 rings (SSSR count). The number of morpholine rings is 1. The molecule has 10 heteroatoms. The molecule has 0 spiro atoms. The number of hydrogen-bond donors (Lipinski definition) is 4. The summed E-state index contributed by atoms with van der Waals surface area (Å²) < 4.78 is 5.51. The maximum Gasteiger partial charge on any atom is 0.307 e. The molecule has 180 valence electrons. The Morgan fingerprint density at radius 2 is 2.09 bits per heavy atom. The summed E-state index contributed by atoms with van der Waals surface area (Å²) in [6.45, 7) is 2.74. The number of carbonyl (C=O) groups is 1. The Morgan fingerprint density at radius 1 is 1.29 bits per heavy atom. The normalized spacial score (nSPS) is 14.4. The molecule has 0 radical (unpaired) electrons. The quantitative estimate of drug-likeness (QED) is 0.375. The number of H-pyrrole nitrogens is 1. The molecule has 2 aromatic heterocycles. The first kappa shape index (κ1) is 23.5. The molecule has 1 fully saturated rings. The summed E-state index contributed by atoms with van der Waals surface area (Å²) in [5.41, 5.74) is 4.53. The number of rotatable bonds is 9. The van der Waals surface area contributed by atoms with Crippen molar-refractivity contribution in [1.82, 2.24) is 19.9 Å². The van der Waals surface area contributed by atoms with E-state index in [0.29, 0.717) is 55.9 Å². The smallest absolute Gasteiger partial charge is 0.307 e. The van der Waals surface area contributed by atoms with Gasteiger partial charge in [-0.15, -0.1) is 0 Å². The number of aromatic amines is 1. The Labute approximate surface area is 197 Å². The maximum absolute atomic E-state index is 11.4. The molecular formula is C24H30N6O4. The van der Waals surface area contributed by atoms with Crippen LogP contribution < -0.4 is 10.2 Å². The molecule has 0 saturated carbocycles. The zero-order valence-electron chi connectivity index (χ0n) is 19.4. The van der Waals surface area contributed by atoms with Crippen LogP contribution in [0.15, 0.2) is 36.5 Å². The van der Waals surface area contributed by atoms with Gasteiger partial charge in [-0.25, -0.2) is 9.97 Å². The molecule has 4 N–H and O–H groups in total. The van der Waals surface area contributed by atoms with Crippen LogP contribution in [0.5, 0.6) is 0 Å². The number of aromatic nitrogens is 3. The minimum Gasteiger partial charge on any atom is -0.481 e. The van der Waals surface area contributed by atoms with Crippen LogP contribution in [0.2, 0.25) is 0 Å². The summed E-state index contributed by atoms with van der Waals surface area (Å²) >= 11 is 0. The van der Waals surface area contributed by atoms with Crippen LogP contribution in [-0.4, -0.2) is 89.6 Å². The van der Waals surface area contributed by atoms with Crippen molar-refractivity contribution < 1.29 is 19.7 Å². The third-order valence-corrected chi connectivity index (χ3v) is 5.85. The average Bonchev–Trinajstić information content (AvgIpc) is 3.33. The van der Waals surface area contributed by atoms with Gasteiger partial charge < -0.3 is 35.1 Å². The maximum atomic E-state index is 11.4. The van der Waals surface area contributed by atoms with E-state index in [2.05, 4.69) is 15.2 Å². The molecule has 1 aliphatic heterocycles. The first-order chi connectivity index (χ1) is 16.5. The molecule has 0 unspecified atom stereocenters. The first-order valence-electron chi connectivity index (χ1n) is 11.3. The fraction of sp³-hybridized carbons (Fsp3) is 0.375. The van der Waals surface area contributed by atoms with Crippen molar-refractivity contribution in [3.63, 3.8) is 0 Å². The summed E-state index contributed by atoms with van der Waals surface area (Å²) in [7, 11) is 3.62. The van der Waals surface area contributed by atoms with E-state index in [9.17, 15) is 15.0 Å². The van der Waals surface area contributed by atoms with Crippen molar-refractivity contribution in [3.8, 4) is 11.3 Å². The topological polar surface area (TPSA) is 127 Å². The summed E-state index contributed by atoms with van der Waals surface area (Å²) in [6, 6.07) is 8.02. The van der Waals surface area contributed by atoms with Crippen LogP contribution in [0.25, 0.3) is 27.9 Å². The number of nitrogens with one attached hydrogen (secondary N) is 2. The molecule has 0 aliphatic carbocycles. The highest BCUT2D eigenvalue weighted by Crippen LogP contribution is 2.38. The van der Waals surface area contributed by atoms with E-state index >= 15 is 0 Å². The van der Waals surface area contributed by atoms with Gasteiger partial charge in [0.05, 0.1) is 37.6 Å². The van der Waals surface area contributed by atoms with E-state index in [0.717, 1.165) is 22.2 Å². The lowest BCUT2D eigenvalue weighted by atomic mass is 10.0. The summed E-state index contributed by atoms with van der Waals surface area (Å²) in [5, 5.41) is 23.2. The number of ether oxygens (including phenoxy) is 1. The standard InChI is InChI=1S/C24H30N6O4/c1-25-23-21(17-4-3-5-18-16(17)8-9-26-18)27-24(30-11-14-34-15-12-30)28-22(23)19(6-7-20(32)33)29(2)10-13-31/h3-6,8-9,25-26,31H,7,10-15H2,1-2H3,(H,32,33). The van der Waals surface area contributed by atoms with Crippen LogP contribution in [0.3, 0.4) is 0 Å². The number of aliphatic carboxylic acids is 1. The molecule has 0 bridgehead atoms. The van der Waals surface area contributed by atoms with E-state index in [1.807, 2.05) is 42.4 Å². The van der Waals surface area contributed by atoms with Gasteiger partial charge in [-0.2, -0.15) is 0 Å². The van der Waals surface area contributed by atoms with Crippen molar-refractivity contribution >= 4 is 34.2 Å². The Bertz CT molecular complexity index is 1190. The Hall–Kier alpha value is -3.63. The lowest BCUT2D eigenvalue weighted by molar-refractivity contribution is -0.136. The zero-order chi connectivity index (χ0) is 24.1. The van der Waals surface area contributed by atoms with Gasteiger partial charge in [-0.05, 0) is 18.2 Å². The number of aliphatic hydroxyl groups excluding tert-OH is 1. The highest BCUT2D eigenvalue weighted by atomic mass is 16.5. The van der Waals surface area contributed by atoms with E-state index < -0.39 is 5.97 Å². The number of carboxylic acids is 1. The van der Waals surface area contributed by atoms with Gasteiger partial charge in [-0.3, -0.25) is 4.79 Å². The Morgan fingerprint density at radius 3 is 2.79 bits per heavy atom. The lowest BCUT2D eigenvalue weighted by Gasteiger charge is -2.30. The molecule has 1 aliphatic rings. The largest absolute Gasteiger partial charge is 0.481 e. The number of nitrogens with zero attached hydrogens (tertiary/aromatic N) is 4. The minimum atomic E-state index is -0.944. The molecule has 10 nitrogen and oxygen atoms in total. The van der Waals surface area contributed by atoms with Gasteiger partial charge in [0.25, 0.3) is 0 Å². The minimum absolute atomic E-state index is 0.0767. The second-order valence-electron chi connectivity index (χ2n) is 8.02. The van der Waals surface area contributed by atoms with Crippen LogP contribution in [0.4, 0.5) is 11.6 Å². The third-order valence-electron chi connectivity index (χ3n) is 5.85. The second kappa shape index (κ2) is 10.5. The van der Waals surface area contributed by atoms with Crippen molar-refractivity contribution in [2.45, 2.75) is 6.42 Å². The number of benzene rings is 1.